The highest BCUT2D eigenvalue weighted by atomic mass is 32.2. The number of sulfonamides is 1. The predicted molar refractivity (Wildman–Crippen MR) is 120 cm³/mol. The molecule has 164 valence electrons. The monoisotopic (exact) mass is 460 g/mol. The molecule has 3 aromatic rings. The summed E-state index contributed by atoms with van der Waals surface area (Å²) in [6.45, 7) is 2.05. The lowest BCUT2D eigenvalue weighted by Crippen LogP contribution is -2.22. The van der Waals surface area contributed by atoms with Gasteiger partial charge in [0.2, 0.25) is 15.9 Å². The largest absolute Gasteiger partial charge is 0.467 e. The smallest absolute Gasteiger partial charge is 0.262 e. The van der Waals surface area contributed by atoms with Crippen molar-refractivity contribution in [3.63, 3.8) is 0 Å². The highest BCUT2D eigenvalue weighted by Gasteiger charge is 2.24. The van der Waals surface area contributed by atoms with E-state index in [1.165, 1.54) is 43.0 Å². The van der Waals surface area contributed by atoms with Crippen LogP contribution in [0.3, 0.4) is 0 Å². The van der Waals surface area contributed by atoms with E-state index in [-0.39, 0.29) is 17.4 Å². The van der Waals surface area contributed by atoms with E-state index >= 15 is 0 Å². The average Bonchev–Trinajstić information content (AvgIpc) is 3.10. The Morgan fingerprint density at radius 2 is 2.00 bits per heavy atom. The first-order valence-electron chi connectivity index (χ1n) is 9.96. The van der Waals surface area contributed by atoms with Crippen molar-refractivity contribution in [2.75, 3.05) is 26.0 Å². The molecule has 0 saturated heterocycles. The zero-order valence-electron chi connectivity index (χ0n) is 17.6. The van der Waals surface area contributed by atoms with Gasteiger partial charge in [0.15, 0.2) is 6.61 Å². The molecule has 4 rings (SSSR count). The van der Waals surface area contributed by atoms with Gasteiger partial charge in [-0.25, -0.2) is 22.7 Å². The number of amides is 1. The van der Waals surface area contributed by atoms with Gasteiger partial charge in [-0.05, 0) is 55.0 Å². The molecule has 1 aromatic carbocycles. The number of aromatic nitrogens is 2. The Labute approximate surface area is 185 Å². The molecule has 1 atom stereocenters. The molecule has 0 bridgehead atoms. The fourth-order valence-electron chi connectivity index (χ4n) is 3.61. The number of carbonyl (C=O) groups is 1. The van der Waals surface area contributed by atoms with Crippen LogP contribution in [0.15, 0.2) is 35.5 Å². The number of rotatable bonds is 6. The SMILES string of the molecule is C[C@H]1CCc2c(sc3ncnc(OCC(=O)Nc4ccc(S(=O)(=O)N(C)C)cc4)c23)C1. The van der Waals surface area contributed by atoms with Gasteiger partial charge in [-0.15, -0.1) is 11.3 Å². The first-order valence-corrected chi connectivity index (χ1v) is 12.2. The molecular formula is C21H24N4O4S2. The highest BCUT2D eigenvalue weighted by molar-refractivity contribution is 7.89. The molecular weight excluding hydrogens is 436 g/mol. The number of nitrogens with zero attached hydrogens (tertiary/aromatic N) is 3. The fourth-order valence-corrected chi connectivity index (χ4v) is 5.85. The number of ether oxygens (including phenoxy) is 1. The van der Waals surface area contributed by atoms with Crippen LogP contribution in [0.4, 0.5) is 5.69 Å². The Bertz CT molecular complexity index is 1220. The van der Waals surface area contributed by atoms with Crippen molar-refractivity contribution in [2.24, 2.45) is 5.92 Å². The summed E-state index contributed by atoms with van der Waals surface area (Å²) in [7, 11) is -0.572. The molecule has 1 aliphatic carbocycles. The normalized spacial score (nSPS) is 16.3. The summed E-state index contributed by atoms with van der Waals surface area (Å²) in [5.74, 6) is 0.732. The molecule has 0 spiro atoms. The Hall–Kier alpha value is -2.56. The Morgan fingerprint density at radius 3 is 2.71 bits per heavy atom. The summed E-state index contributed by atoms with van der Waals surface area (Å²) in [5.41, 5.74) is 1.73. The van der Waals surface area contributed by atoms with E-state index in [0.29, 0.717) is 17.5 Å². The molecule has 1 N–H and O–H groups in total. The Balaban J connectivity index is 1.44. The third-order valence-corrected chi connectivity index (χ3v) is 8.31. The van der Waals surface area contributed by atoms with Gasteiger partial charge in [0, 0.05) is 24.7 Å². The van der Waals surface area contributed by atoms with Crippen LogP contribution in [0.2, 0.25) is 0 Å². The minimum Gasteiger partial charge on any atom is -0.467 e. The maximum atomic E-state index is 12.4. The van der Waals surface area contributed by atoms with Crippen molar-refractivity contribution in [1.82, 2.24) is 14.3 Å². The van der Waals surface area contributed by atoms with Gasteiger partial charge in [-0.2, -0.15) is 0 Å². The van der Waals surface area contributed by atoms with Gasteiger partial charge in [0.05, 0.1) is 10.3 Å². The maximum absolute atomic E-state index is 12.4. The summed E-state index contributed by atoms with van der Waals surface area (Å²) in [6.07, 6.45) is 4.59. The predicted octanol–water partition coefficient (Wildman–Crippen LogP) is 3.08. The number of carbonyl (C=O) groups excluding carboxylic acids is 1. The van der Waals surface area contributed by atoms with E-state index in [1.807, 2.05) is 0 Å². The maximum Gasteiger partial charge on any atom is 0.262 e. The van der Waals surface area contributed by atoms with Crippen LogP contribution in [-0.4, -0.2) is 49.3 Å². The molecule has 0 saturated carbocycles. The van der Waals surface area contributed by atoms with Crippen LogP contribution >= 0.6 is 11.3 Å². The van der Waals surface area contributed by atoms with Gasteiger partial charge >= 0.3 is 0 Å². The van der Waals surface area contributed by atoms with Crippen LogP contribution in [0.1, 0.15) is 23.8 Å². The van der Waals surface area contributed by atoms with Crippen LogP contribution in [0, 0.1) is 5.92 Å². The van der Waals surface area contributed by atoms with E-state index in [9.17, 15) is 13.2 Å². The lowest BCUT2D eigenvalue weighted by atomic mass is 9.89. The standard InChI is InChI=1S/C21H24N4O4S2/c1-13-4-9-16-17(10-13)30-21-19(16)20(22-12-23-21)29-11-18(26)24-14-5-7-15(8-6-14)31(27,28)25(2)3/h5-8,12-13H,4,9-11H2,1-3H3,(H,24,26)/t13-/m0/s1. The van der Waals surface area contributed by atoms with Crippen LogP contribution in [0.25, 0.3) is 10.2 Å². The van der Waals surface area contributed by atoms with Gasteiger partial charge in [-0.1, -0.05) is 6.92 Å². The second-order valence-corrected chi connectivity index (χ2v) is 11.1. The number of anilines is 1. The zero-order chi connectivity index (χ0) is 22.2. The van der Waals surface area contributed by atoms with Crippen molar-refractivity contribution >= 4 is 43.2 Å². The molecule has 1 aliphatic rings. The van der Waals surface area contributed by atoms with Crippen molar-refractivity contribution in [2.45, 2.75) is 31.1 Å². The van der Waals surface area contributed by atoms with Crippen molar-refractivity contribution < 1.29 is 17.9 Å². The van der Waals surface area contributed by atoms with Crippen LogP contribution in [0.5, 0.6) is 5.88 Å². The van der Waals surface area contributed by atoms with Gasteiger partial charge < -0.3 is 10.1 Å². The lowest BCUT2D eigenvalue weighted by molar-refractivity contribution is -0.118. The quantitative estimate of drug-likeness (QED) is 0.607. The second-order valence-electron chi connectivity index (χ2n) is 7.86. The molecule has 10 heteroatoms. The summed E-state index contributed by atoms with van der Waals surface area (Å²) in [4.78, 5) is 23.4. The van der Waals surface area contributed by atoms with Crippen molar-refractivity contribution in [3.05, 3.63) is 41.0 Å². The minimum absolute atomic E-state index is 0.159. The fraction of sp³-hybridized carbons (Fsp3) is 0.381. The highest BCUT2D eigenvalue weighted by Crippen LogP contribution is 2.40. The zero-order valence-corrected chi connectivity index (χ0v) is 19.2. The average molecular weight is 461 g/mol. The van der Waals surface area contributed by atoms with Crippen molar-refractivity contribution in [1.29, 1.82) is 0 Å². The molecule has 31 heavy (non-hydrogen) atoms. The van der Waals surface area contributed by atoms with Gasteiger partial charge in [0.1, 0.15) is 11.2 Å². The Kier molecular flexibility index (Phi) is 5.96. The number of thiophene rings is 1. The third-order valence-electron chi connectivity index (χ3n) is 5.31. The van der Waals surface area contributed by atoms with E-state index in [0.717, 1.165) is 33.8 Å². The first-order chi connectivity index (χ1) is 14.8. The molecule has 8 nitrogen and oxygen atoms in total. The number of fused-ring (bicyclic) bond motifs is 3. The molecule has 0 radical (unpaired) electrons. The first kappa shape index (κ1) is 21.7. The molecule has 0 fully saturated rings. The van der Waals surface area contributed by atoms with E-state index in [1.54, 1.807) is 23.5 Å². The van der Waals surface area contributed by atoms with Gasteiger partial charge in [0.25, 0.3) is 5.91 Å². The summed E-state index contributed by atoms with van der Waals surface area (Å²) in [5, 5.41) is 3.63. The van der Waals surface area contributed by atoms with Crippen LogP contribution < -0.4 is 10.1 Å². The number of hydrogen-bond donors (Lipinski definition) is 1. The molecule has 2 aromatic heterocycles. The molecule has 0 aliphatic heterocycles. The van der Waals surface area contributed by atoms with Gasteiger partial charge in [-0.3, -0.25) is 4.79 Å². The summed E-state index contributed by atoms with van der Waals surface area (Å²) in [6, 6.07) is 6.01. The summed E-state index contributed by atoms with van der Waals surface area (Å²) >= 11 is 1.68. The number of nitrogens with one attached hydrogen (secondary N) is 1. The van der Waals surface area contributed by atoms with E-state index in [4.69, 9.17) is 4.74 Å². The van der Waals surface area contributed by atoms with Crippen LogP contribution in [-0.2, 0) is 27.7 Å². The lowest BCUT2D eigenvalue weighted by Gasteiger charge is -2.18. The van der Waals surface area contributed by atoms with E-state index in [2.05, 4.69) is 22.2 Å². The number of benzene rings is 1. The Morgan fingerprint density at radius 1 is 1.26 bits per heavy atom. The molecule has 2 heterocycles. The second kappa shape index (κ2) is 8.52. The topological polar surface area (TPSA) is 101 Å². The minimum atomic E-state index is -3.51. The van der Waals surface area contributed by atoms with Crippen molar-refractivity contribution in [3.8, 4) is 5.88 Å². The van der Waals surface area contributed by atoms with E-state index < -0.39 is 10.0 Å². The number of aryl methyl sites for hydroxylation is 1. The summed E-state index contributed by atoms with van der Waals surface area (Å²) < 4.78 is 31.2. The number of hydrogen-bond acceptors (Lipinski definition) is 7. The molecule has 0 unspecified atom stereocenters. The third kappa shape index (κ3) is 4.41. The molecule has 1 amide bonds.